The average molecular weight is 336 g/mol. The molecule has 0 aromatic heterocycles. The van der Waals surface area contributed by atoms with Crippen LogP contribution in [0.5, 0.6) is 5.75 Å². The van der Waals surface area contributed by atoms with Gasteiger partial charge in [0.2, 0.25) is 0 Å². The minimum absolute atomic E-state index is 0.336. The van der Waals surface area contributed by atoms with E-state index in [4.69, 9.17) is 4.74 Å². The van der Waals surface area contributed by atoms with Crippen LogP contribution in [-0.4, -0.2) is 12.4 Å². The van der Waals surface area contributed by atoms with Crippen LogP contribution in [0.15, 0.2) is 48.5 Å². The van der Waals surface area contributed by atoms with E-state index < -0.39 is 0 Å². The lowest BCUT2D eigenvalue weighted by molar-refractivity contribution is 0.0882. The SMILES string of the molecule is CC(C)(C)C1CCC(Oc2ccc(-c3cccc(C=O)c3)cc2)CC1. The molecule has 0 heterocycles. The molecule has 0 spiro atoms. The Bertz CT molecular complexity index is 702. The highest BCUT2D eigenvalue weighted by atomic mass is 16.5. The van der Waals surface area contributed by atoms with E-state index in [-0.39, 0.29) is 0 Å². The van der Waals surface area contributed by atoms with Crippen LogP contribution in [0, 0.1) is 11.3 Å². The lowest BCUT2D eigenvalue weighted by atomic mass is 9.72. The van der Waals surface area contributed by atoms with Crippen LogP contribution in [0.25, 0.3) is 11.1 Å². The molecular formula is C23H28O2. The quantitative estimate of drug-likeness (QED) is 0.626. The maximum atomic E-state index is 10.9. The van der Waals surface area contributed by atoms with Crippen molar-refractivity contribution in [1.29, 1.82) is 0 Å². The van der Waals surface area contributed by atoms with Gasteiger partial charge in [-0.1, -0.05) is 51.1 Å². The van der Waals surface area contributed by atoms with Gasteiger partial charge in [-0.15, -0.1) is 0 Å². The number of hydrogen-bond acceptors (Lipinski definition) is 2. The molecule has 0 aliphatic heterocycles. The third-order valence-electron chi connectivity index (χ3n) is 5.41. The van der Waals surface area contributed by atoms with E-state index in [1.54, 1.807) is 0 Å². The third-order valence-corrected chi connectivity index (χ3v) is 5.41. The Kier molecular flexibility index (Phi) is 5.27. The Morgan fingerprint density at radius 2 is 1.60 bits per heavy atom. The number of hydrogen-bond donors (Lipinski definition) is 0. The zero-order valence-electron chi connectivity index (χ0n) is 15.5. The van der Waals surface area contributed by atoms with Crippen LogP contribution in [0.2, 0.25) is 0 Å². The number of aldehydes is 1. The van der Waals surface area contributed by atoms with E-state index in [2.05, 4.69) is 32.9 Å². The monoisotopic (exact) mass is 336 g/mol. The average Bonchev–Trinajstić information content (AvgIpc) is 2.62. The number of rotatable bonds is 4. The molecule has 3 rings (SSSR count). The van der Waals surface area contributed by atoms with Crippen LogP contribution in [0.1, 0.15) is 56.8 Å². The van der Waals surface area contributed by atoms with Gasteiger partial charge in [0.1, 0.15) is 12.0 Å². The Labute approximate surface area is 151 Å². The molecule has 0 atom stereocenters. The highest BCUT2D eigenvalue weighted by Crippen LogP contribution is 2.38. The normalized spacial score (nSPS) is 20.9. The van der Waals surface area contributed by atoms with Gasteiger partial charge in [0, 0.05) is 5.56 Å². The fraction of sp³-hybridized carbons (Fsp3) is 0.435. The van der Waals surface area contributed by atoms with Gasteiger partial charge in [-0.2, -0.15) is 0 Å². The summed E-state index contributed by atoms with van der Waals surface area (Å²) in [5, 5.41) is 0. The number of carbonyl (C=O) groups excluding carboxylic acids is 1. The molecule has 1 aliphatic rings. The van der Waals surface area contributed by atoms with Gasteiger partial charge in [0.05, 0.1) is 6.10 Å². The highest BCUT2D eigenvalue weighted by Gasteiger charge is 2.30. The summed E-state index contributed by atoms with van der Waals surface area (Å²) in [5.74, 6) is 1.74. The summed E-state index contributed by atoms with van der Waals surface area (Å²) in [7, 11) is 0. The van der Waals surface area contributed by atoms with Crippen LogP contribution >= 0.6 is 0 Å². The van der Waals surface area contributed by atoms with Gasteiger partial charge in [-0.25, -0.2) is 0 Å². The highest BCUT2D eigenvalue weighted by molar-refractivity contribution is 5.78. The second kappa shape index (κ2) is 7.43. The second-order valence-electron chi connectivity index (χ2n) is 8.23. The number of carbonyl (C=O) groups is 1. The standard InChI is InChI=1S/C23H28O2/c1-23(2,3)20-9-13-22(14-10-20)25-21-11-7-18(8-12-21)19-6-4-5-17(15-19)16-24/h4-8,11-12,15-16,20,22H,9-10,13-14H2,1-3H3. The molecule has 1 fully saturated rings. The van der Waals surface area contributed by atoms with E-state index in [0.29, 0.717) is 17.1 Å². The summed E-state index contributed by atoms with van der Waals surface area (Å²) in [6, 6.07) is 15.9. The van der Waals surface area contributed by atoms with Crippen LogP contribution in [0.4, 0.5) is 0 Å². The lowest BCUT2D eigenvalue weighted by Gasteiger charge is -2.36. The zero-order valence-corrected chi connectivity index (χ0v) is 15.5. The van der Waals surface area contributed by atoms with Crippen molar-refractivity contribution in [2.45, 2.75) is 52.6 Å². The van der Waals surface area contributed by atoms with Crippen molar-refractivity contribution in [3.63, 3.8) is 0 Å². The predicted molar refractivity (Wildman–Crippen MR) is 103 cm³/mol. The Morgan fingerprint density at radius 3 is 2.20 bits per heavy atom. The van der Waals surface area contributed by atoms with E-state index in [1.807, 2.05) is 36.4 Å². The molecule has 132 valence electrons. The molecule has 0 unspecified atom stereocenters. The molecule has 0 amide bonds. The number of ether oxygens (including phenoxy) is 1. The van der Waals surface area contributed by atoms with Gasteiger partial charge in [-0.05, 0) is 66.3 Å². The first-order valence-electron chi connectivity index (χ1n) is 9.28. The van der Waals surface area contributed by atoms with Crippen LogP contribution in [-0.2, 0) is 0 Å². The van der Waals surface area contributed by atoms with E-state index in [0.717, 1.165) is 41.9 Å². The summed E-state index contributed by atoms with van der Waals surface area (Å²) < 4.78 is 6.20. The summed E-state index contributed by atoms with van der Waals surface area (Å²) in [5.41, 5.74) is 3.27. The van der Waals surface area contributed by atoms with E-state index in [1.165, 1.54) is 12.8 Å². The van der Waals surface area contributed by atoms with Crippen LogP contribution < -0.4 is 4.74 Å². The van der Waals surface area contributed by atoms with Crippen molar-refractivity contribution >= 4 is 6.29 Å². The summed E-state index contributed by atoms with van der Waals surface area (Å²) >= 11 is 0. The van der Waals surface area contributed by atoms with Gasteiger partial charge >= 0.3 is 0 Å². The summed E-state index contributed by atoms with van der Waals surface area (Å²) in [4.78, 5) is 10.9. The molecule has 2 nitrogen and oxygen atoms in total. The number of benzene rings is 2. The van der Waals surface area contributed by atoms with Crippen molar-refractivity contribution in [2.75, 3.05) is 0 Å². The first-order valence-corrected chi connectivity index (χ1v) is 9.28. The van der Waals surface area contributed by atoms with Gasteiger partial charge < -0.3 is 4.74 Å². The molecule has 0 radical (unpaired) electrons. The molecule has 0 N–H and O–H groups in total. The molecule has 0 saturated heterocycles. The van der Waals surface area contributed by atoms with E-state index >= 15 is 0 Å². The third kappa shape index (κ3) is 4.50. The largest absolute Gasteiger partial charge is 0.490 e. The van der Waals surface area contributed by atoms with Crippen molar-refractivity contribution in [1.82, 2.24) is 0 Å². The minimum atomic E-state index is 0.336. The first-order chi connectivity index (χ1) is 12.0. The fourth-order valence-corrected chi connectivity index (χ4v) is 3.76. The molecule has 1 aliphatic carbocycles. The van der Waals surface area contributed by atoms with Gasteiger partial charge in [0.15, 0.2) is 0 Å². The minimum Gasteiger partial charge on any atom is -0.490 e. The van der Waals surface area contributed by atoms with Crippen molar-refractivity contribution in [3.05, 3.63) is 54.1 Å². The molecule has 1 saturated carbocycles. The van der Waals surface area contributed by atoms with Crippen molar-refractivity contribution < 1.29 is 9.53 Å². The van der Waals surface area contributed by atoms with Gasteiger partial charge in [-0.3, -0.25) is 4.79 Å². The molecule has 2 aromatic rings. The fourth-order valence-electron chi connectivity index (χ4n) is 3.76. The molecule has 25 heavy (non-hydrogen) atoms. The Morgan fingerprint density at radius 1 is 0.920 bits per heavy atom. The van der Waals surface area contributed by atoms with Gasteiger partial charge in [0.25, 0.3) is 0 Å². The molecular weight excluding hydrogens is 308 g/mol. The molecule has 2 heteroatoms. The molecule has 2 aromatic carbocycles. The maximum absolute atomic E-state index is 10.9. The first kappa shape index (κ1) is 17.7. The Hall–Kier alpha value is -2.09. The smallest absolute Gasteiger partial charge is 0.150 e. The Balaban J connectivity index is 1.61. The van der Waals surface area contributed by atoms with E-state index in [9.17, 15) is 4.79 Å². The van der Waals surface area contributed by atoms with Crippen molar-refractivity contribution in [3.8, 4) is 16.9 Å². The lowest BCUT2D eigenvalue weighted by Crippen LogP contribution is -2.30. The zero-order chi connectivity index (χ0) is 17.9. The van der Waals surface area contributed by atoms with Crippen molar-refractivity contribution in [2.24, 2.45) is 11.3 Å². The summed E-state index contributed by atoms with van der Waals surface area (Å²) in [6.45, 7) is 7.03. The second-order valence-corrected chi connectivity index (χ2v) is 8.23. The topological polar surface area (TPSA) is 26.3 Å². The maximum Gasteiger partial charge on any atom is 0.150 e. The molecule has 0 bridgehead atoms. The predicted octanol–water partition coefficient (Wildman–Crippen LogP) is 6.15. The summed E-state index contributed by atoms with van der Waals surface area (Å²) in [6.07, 6.45) is 6.02. The van der Waals surface area contributed by atoms with Crippen LogP contribution in [0.3, 0.4) is 0 Å².